The summed E-state index contributed by atoms with van der Waals surface area (Å²) in [6.45, 7) is 2.23. The van der Waals surface area contributed by atoms with Crippen molar-refractivity contribution in [3.05, 3.63) is 12.4 Å². The van der Waals surface area contributed by atoms with Gasteiger partial charge in [-0.05, 0) is 26.4 Å². The van der Waals surface area contributed by atoms with Crippen LogP contribution in [-0.4, -0.2) is 41.0 Å². The van der Waals surface area contributed by atoms with Crippen molar-refractivity contribution in [3.63, 3.8) is 0 Å². The van der Waals surface area contributed by atoms with E-state index in [1.54, 1.807) is 12.4 Å². The van der Waals surface area contributed by atoms with E-state index in [0.29, 0.717) is 17.7 Å². The number of nitrogens with zero attached hydrogens (tertiary/aromatic N) is 3. The van der Waals surface area contributed by atoms with E-state index in [1.165, 1.54) is 19.4 Å². The third kappa shape index (κ3) is 2.79. The monoisotopic (exact) mass is 207 g/mol. The Kier molecular flexibility index (Phi) is 3.01. The number of anilines is 2. The van der Waals surface area contributed by atoms with Crippen molar-refractivity contribution in [2.75, 3.05) is 31.2 Å². The molecule has 1 saturated heterocycles. The lowest BCUT2D eigenvalue weighted by molar-refractivity contribution is 0.260. The third-order valence-corrected chi connectivity index (χ3v) is 2.63. The minimum atomic E-state index is 0.451. The maximum atomic E-state index is 5.52. The molecule has 0 bridgehead atoms. The summed E-state index contributed by atoms with van der Waals surface area (Å²) >= 11 is 0. The standard InChI is InChI=1S/C10H17N5/c1-15-4-2-3-9(7-15)14-10-12-5-8(11)6-13-10/h5-6,9H,2-4,7,11H2,1H3,(H,12,13,14). The van der Waals surface area contributed by atoms with E-state index in [9.17, 15) is 0 Å². The van der Waals surface area contributed by atoms with Crippen LogP contribution in [0.2, 0.25) is 0 Å². The number of nitrogens with two attached hydrogens (primary N) is 1. The largest absolute Gasteiger partial charge is 0.396 e. The van der Waals surface area contributed by atoms with Gasteiger partial charge < -0.3 is 16.0 Å². The van der Waals surface area contributed by atoms with Crippen molar-refractivity contribution in [2.24, 2.45) is 0 Å². The molecule has 2 heterocycles. The van der Waals surface area contributed by atoms with Crippen LogP contribution in [0.25, 0.3) is 0 Å². The molecule has 1 atom stereocenters. The molecule has 3 N–H and O–H groups in total. The summed E-state index contributed by atoms with van der Waals surface area (Å²) in [6.07, 6.45) is 5.66. The number of nitrogens with one attached hydrogen (secondary N) is 1. The first-order chi connectivity index (χ1) is 7.24. The fourth-order valence-electron chi connectivity index (χ4n) is 1.88. The lowest BCUT2D eigenvalue weighted by Gasteiger charge is -2.30. The Morgan fingerprint density at radius 2 is 2.20 bits per heavy atom. The van der Waals surface area contributed by atoms with Crippen LogP contribution >= 0.6 is 0 Å². The number of nitrogen functional groups attached to an aromatic ring is 1. The number of hydrogen-bond donors (Lipinski definition) is 2. The highest BCUT2D eigenvalue weighted by molar-refractivity contribution is 5.36. The molecule has 0 aromatic carbocycles. The fourth-order valence-corrected chi connectivity index (χ4v) is 1.88. The second-order valence-corrected chi connectivity index (χ2v) is 4.09. The van der Waals surface area contributed by atoms with Crippen LogP contribution in [0, 0.1) is 0 Å². The number of likely N-dealkylation sites (N-methyl/N-ethyl adjacent to an activating group) is 1. The summed E-state index contributed by atoms with van der Waals surface area (Å²) in [5.41, 5.74) is 6.12. The van der Waals surface area contributed by atoms with Crippen molar-refractivity contribution in [3.8, 4) is 0 Å². The first-order valence-electron chi connectivity index (χ1n) is 5.26. The molecule has 0 spiro atoms. The minimum absolute atomic E-state index is 0.451. The molecule has 1 aliphatic heterocycles. The Labute approximate surface area is 89.7 Å². The molecule has 1 unspecified atom stereocenters. The number of aromatic nitrogens is 2. The van der Waals surface area contributed by atoms with E-state index in [2.05, 4.69) is 27.2 Å². The molecule has 5 nitrogen and oxygen atoms in total. The summed E-state index contributed by atoms with van der Waals surface area (Å²) in [5.74, 6) is 0.671. The minimum Gasteiger partial charge on any atom is -0.396 e. The molecular formula is C10H17N5. The predicted octanol–water partition coefficient (Wildman–Crippen LogP) is 0.565. The normalized spacial score (nSPS) is 22.6. The topological polar surface area (TPSA) is 67.1 Å². The molecule has 1 aromatic heterocycles. The zero-order valence-electron chi connectivity index (χ0n) is 8.98. The van der Waals surface area contributed by atoms with E-state index in [4.69, 9.17) is 5.73 Å². The van der Waals surface area contributed by atoms with Crippen LogP contribution < -0.4 is 11.1 Å². The fraction of sp³-hybridized carbons (Fsp3) is 0.600. The first kappa shape index (κ1) is 10.2. The van der Waals surface area contributed by atoms with Crippen molar-refractivity contribution in [2.45, 2.75) is 18.9 Å². The molecule has 0 saturated carbocycles. The Hall–Kier alpha value is -1.36. The van der Waals surface area contributed by atoms with E-state index in [0.717, 1.165) is 6.54 Å². The van der Waals surface area contributed by atoms with Crippen molar-refractivity contribution in [1.29, 1.82) is 0 Å². The quantitative estimate of drug-likeness (QED) is 0.742. The van der Waals surface area contributed by atoms with Crippen LogP contribution in [0.3, 0.4) is 0 Å². The van der Waals surface area contributed by atoms with Gasteiger partial charge in [0.15, 0.2) is 0 Å². The maximum Gasteiger partial charge on any atom is 0.222 e. The summed E-state index contributed by atoms with van der Waals surface area (Å²) in [4.78, 5) is 10.6. The highest BCUT2D eigenvalue weighted by Crippen LogP contribution is 2.12. The van der Waals surface area contributed by atoms with Gasteiger partial charge in [-0.3, -0.25) is 0 Å². The average molecular weight is 207 g/mol. The Morgan fingerprint density at radius 3 is 2.87 bits per heavy atom. The number of likely N-dealkylation sites (tertiary alicyclic amines) is 1. The smallest absolute Gasteiger partial charge is 0.222 e. The van der Waals surface area contributed by atoms with Crippen LogP contribution in [0.5, 0.6) is 0 Å². The molecule has 15 heavy (non-hydrogen) atoms. The molecule has 1 aliphatic rings. The lowest BCUT2D eigenvalue weighted by Crippen LogP contribution is -2.40. The number of hydrogen-bond acceptors (Lipinski definition) is 5. The van der Waals surface area contributed by atoms with Gasteiger partial charge in [-0.1, -0.05) is 0 Å². The van der Waals surface area contributed by atoms with E-state index >= 15 is 0 Å². The molecule has 1 aromatic rings. The molecule has 0 amide bonds. The highest BCUT2D eigenvalue weighted by Gasteiger charge is 2.17. The van der Waals surface area contributed by atoms with Gasteiger partial charge in [-0.25, -0.2) is 9.97 Å². The summed E-state index contributed by atoms with van der Waals surface area (Å²) in [6, 6.07) is 0.451. The predicted molar refractivity (Wildman–Crippen MR) is 60.6 cm³/mol. The zero-order valence-corrected chi connectivity index (χ0v) is 8.98. The Morgan fingerprint density at radius 1 is 1.47 bits per heavy atom. The molecule has 2 rings (SSSR count). The van der Waals surface area contributed by atoms with Crippen LogP contribution in [0.15, 0.2) is 12.4 Å². The molecule has 0 radical (unpaired) electrons. The average Bonchev–Trinajstić information content (AvgIpc) is 2.22. The second kappa shape index (κ2) is 4.44. The summed E-state index contributed by atoms with van der Waals surface area (Å²) in [7, 11) is 2.14. The van der Waals surface area contributed by atoms with E-state index < -0.39 is 0 Å². The highest BCUT2D eigenvalue weighted by atomic mass is 15.2. The first-order valence-corrected chi connectivity index (χ1v) is 5.26. The Bertz CT molecular complexity index is 310. The van der Waals surface area contributed by atoms with E-state index in [1.807, 2.05) is 0 Å². The van der Waals surface area contributed by atoms with Gasteiger partial charge in [0.1, 0.15) is 0 Å². The van der Waals surface area contributed by atoms with Crippen molar-refractivity contribution < 1.29 is 0 Å². The van der Waals surface area contributed by atoms with Gasteiger partial charge >= 0.3 is 0 Å². The third-order valence-electron chi connectivity index (χ3n) is 2.63. The summed E-state index contributed by atoms with van der Waals surface area (Å²) in [5, 5.41) is 3.32. The van der Waals surface area contributed by atoms with Gasteiger partial charge in [-0.15, -0.1) is 0 Å². The van der Waals surface area contributed by atoms with Gasteiger partial charge in [0.05, 0.1) is 18.1 Å². The van der Waals surface area contributed by atoms with Gasteiger partial charge in [0.25, 0.3) is 0 Å². The van der Waals surface area contributed by atoms with E-state index in [-0.39, 0.29) is 0 Å². The number of rotatable bonds is 2. The van der Waals surface area contributed by atoms with Gasteiger partial charge in [-0.2, -0.15) is 0 Å². The van der Waals surface area contributed by atoms with Crippen LogP contribution in [0.1, 0.15) is 12.8 Å². The SMILES string of the molecule is CN1CCCC(Nc2ncc(N)cn2)C1. The number of piperidine rings is 1. The zero-order chi connectivity index (χ0) is 10.7. The van der Waals surface area contributed by atoms with Gasteiger partial charge in [0.2, 0.25) is 5.95 Å². The second-order valence-electron chi connectivity index (χ2n) is 4.09. The van der Waals surface area contributed by atoms with Crippen molar-refractivity contribution in [1.82, 2.24) is 14.9 Å². The molecule has 1 fully saturated rings. The molecule has 5 heteroatoms. The van der Waals surface area contributed by atoms with Crippen molar-refractivity contribution >= 4 is 11.6 Å². The van der Waals surface area contributed by atoms with Crippen LogP contribution in [-0.2, 0) is 0 Å². The summed E-state index contributed by atoms with van der Waals surface area (Å²) < 4.78 is 0. The maximum absolute atomic E-state index is 5.52. The molecule has 0 aliphatic carbocycles. The molecule has 82 valence electrons. The molecular weight excluding hydrogens is 190 g/mol. The lowest BCUT2D eigenvalue weighted by atomic mass is 10.1. The van der Waals surface area contributed by atoms with Crippen LogP contribution in [0.4, 0.5) is 11.6 Å². The Balaban J connectivity index is 1.93. The van der Waals surface area contributed by atoms with Gasteiger partial charge in [0, 0.05) is 12.6 Å².